The van der Waals surface area contributed by atoms with E-state index in [2.05, 4.69) is 6.92 Å². The van der Waals surface area contributed by atoms with Crippen LogP contribution in [0.5, 0.6) is 0 Å². The fourth-order valence-electron chi connectivity index (χ4n) is 3.66. The Hall–Kier alpha value is -0.970. The van der Waals surface area contributed by atoms with Crippen molar-refractivity contribution in [3.63, 3.8) is 0 Å². The van der Waals surface area contributed by atoms with E-state index in [0.717, 1.165) is 32.1 Å². The molecule has 1 aromatic rings. The van der Waals surface area contributed by atoms with Crippen LogP contribution in [-0.2, 0) is 20.6 Å². The standard InChI is InChI=1S/C27H47FO3/c1-6-7-8-9-10-11-12-16-26(31-27(29-22(2)3)30-23(4)5)17-14-13-15-24-18-20-25(28)21-19-24/h18-23,26-27H,6-17H2,1-5H3. The Morgan fingerprint density at radius 2 is 1.19 bits per heavy atom. The molecule has 1 unspecified atom stereocenters. The summed E-state index contributed by atoms with van der Waals surface area (Å²) in [6.45, 7) is 9.68. The highest BCUT2D eigenvalue weighted by Crippen LogP contribution is 2.20. The van der Waals surface area contributed by atoms with Crippen molar-refractivity contribution in [3.05, 3.63) is 35.6 Å². The SMILES string of the molecule is CCCCCCCCCC(CCCCc1ccc(F)cc1)OC(OC(C)C)OC(C)C. The number of hydrogen-bond donors (Lipinski definition) is 0. The molecule has 180 valence electrons. The maximum Gasteiger partial charge on any atom is 0.272 e. The molecule has 0 radical (unpaired) electrons. The summed E-state index contributed by atoms with van der Waals surface area (Å²) in [6, 6.07) is 6.84. The number of ether oxygens (including phenoxy) is 3. The Morgan fingerprint density at radius 1 is 0.677 bits per heavy atom. The van der Waals surface area contributed by atoms with Crippen molar-refractivity contribution < 1.29 is 18.6 Å². The minimum atomic E-state index is -0.605. The maximum absolute atomic E-state index is 13.1. The Bertz CT molecular complexity index is 520. The molecule has 0 aliphatic carbocycles. The lowest BCUT2D eigenvalue weighted by Crippen LogP contribution is -2.31. The Morgan fingerprint density at radius 3 is 1.74 bits per heavy atom. The lowest BCUT2D eigenvalue weighted by atomic mass is 10.0. The molecule has 0 bridgehead atoms. The van der Waals surface area contributed by atoms with Gasteiger partial charge >= 0.3 is 0 Å². The molecule has 0 N–H and O–H groups in total. The number of unbranched alkanes of at least 4 members (excludes halogenated alkanes) is 7. The van der Waals surface area contributed by atoms with Gasteiger partial charge in [0.15, 0.2) is 0 Å². The van der Waals surface area contributed by atoms with Gasteiger partial charge in [0.25, 0.3) is 6.48 Å². The summed E-state index contributed by atoms with van der Waals surface area (Å²) in [7, 11) is 0. The molecular formula is C27H47FO3. The fraction of sp³-hybridized carbons (Fsp3) is 0.778. The van der Waals surface area contributed by atoms with Crippen molar-refractivity contribution in [2.24, 2.45) is 0 Å². The molecule has 0 amide bonds. The fourth-order valence-corrected chi connectivity index (χ4v) is 3.66. The zero-order chi connectivity index (χ0) is 22.9. The van der Waals surface area contributed by atoms with Crippen LogP contribution in [0.1, 0.15) is 111 Å². The zero-order valence-corrected chi connectivity index (χ0v) is 20.7. The summed E-state index contributed by atoms with van der Waals surface area (Å²) in [5.74, 6) is -0.173. The molecule has 0 aliphatic rings. The Balaban J connectivity index is 2.47. The number of halogens is 1. The quantitative estimate of drug-likeness (QED) is 0.161. The van der Waals surface area contributed by atoms with E-state index in [4.69, 9.17) is 14.2 Å². The third-order valence-electron chi connectivity index (χ3n) is 5.35. The van der Waals surface area contributed by atoms with Gasteiger partial charge in [0.05, 0.1) is 18.3 Å². The van der Waals surface area contributed by atoms with Gasteiger partial charge in [-0.15, -0.1) is 0 Å². The molecule has 0 heterocycles. The molecule has 0 aromatic heterocycles. The average molecular weight is 439 g/mol. The van der Waals surface area contributed by atoms with E-state index in [0.29, 0.717) is 0 Å². The van der Waals surface area contributed by atoms with Gasteiger partial charge in [-0.25, -0.2) is 4.39 Å². The van der Waals surface area contributed by atoms with E-state index >= 15 is 0 Å². The molecule has 31 heavy (non-hydrogen) atoms. The van der Waals surface area contributed by atoms with Crippen LogP contribution in [-0.4, -0.2) is 24.8 Å². The molecule has 3 nitrogen and oxygen atoms in total. The first-order valence-electron chi connectivity index (χ1n) is 12.6. The van der Waals surface area contributed by atoms with Crippen LogP contribution in [0.15, 0.2) is 24.3 Å². The molecule has 0 aliphatic heterocycles. The normalized spacial score (nSPS) is 12.9. The molecule has 1 aromatic carbocycles. The minimum Gasteiger partial charge on any atom is -0.327 e. The van der Waals surface area contributed by atoms with Gasteiger partial charge in [-0.3, -0.25) is 0 Å². The molecule has 0 spiro atoms. The molecule has 0 saturated carbocycles. The van der Waals surface area contributed by atoms with Gasteiger partial charge in [0, 0.05) is 0 Å². The monoisotopic (exact) mass is 438 g/mol. The van der Waals surface area contributed by atoms with Crippen LogP contribution in [0.4, 0.5) is 4.39 Å². The van der Waals surface area contributed by atoms with E-state index in [1.165, 1.54) is 50.5 Å². The van der Waals surface area contributed by atoms with Crippen LogP contribution < -0.4 is 0 Å². The van der Waals surface area contributed by atoms with Crippen LogP contribution in [0.2, 0.25) is 0 Å². The Kier molecular flexibility index (Phi) is 15.9. The predicted molar refractivity (Wildman–Crippen MR) is 128 cm³/mol. The van der Waals surface area contributed by atoms with Crippen LogP contribution in [0.3, 0.4) is 0 Å². The molecule has 4 heteroatoms. The van der Waals surface area contributed by atoms with Gasteiger partial charge in [-0.1, -0.05) is 70.4 Å². The third kappa shape index (κ3) is 15.5. The average Bonchev–Trinajstić information content (AvgIpc) is 2.70. The first-order valence-corrected chi connectivity index (χ1v) is 12.6. The van der Waals surface area contributed by atoms with E-state index in [-0.39, 0.29) is 24.1 Å². The summed E-state index contributed by atoms with van der Waals surface area (Å²) in [5.41, 5.74) is 1.19. The second kappa shape index (κ2) is 17.6. The van der Waals surface area contributed by atoms with Crippen molar-refractivity contribution in [1.82, 2.24) is 0 Å². The minimum absolute atomic E-state index is 0.0569. The smallest absolute Gasteiger partial charge is 0.272 e. The largest absolute Gasteiger partial charge is 0.327 e. The lowest BCUT2D eigenvalue weighted by Gasteiger charge is -2.27. The maximum atomic E-state index is 13.1. The van der Waals surface area contributed by atoms with Crippen LogP contribution >= 0.6 is 0 Å². The molecular weight excluding hydrogens is 391 g/mol. The number of aryl methyl sites for hydroxylation is 1. The number of hydrogen-bond acceptors (Lipinski definition) is 3. The molecule has 1 atom stereocenters. The van der Waals surface area contributed by atoms with Gasteiger partial charge in [0.1, 0.15) is 5.82 Å². The summed E-state index contributed by atoms with van der Waals surface area (Å²) < 4.78 is 31.1. The van der Waals surface area contributed by atoms with Crippen molar-refractivity contribution in [2.75, 3.05) is 0 Å². The van der Waals surface area contributed by atoms with Gasteiger partial charge in [-0.2, -0.15) is 0 Å². The summed E-state index contributed by atoms with van der Waals surface area (Å²) in [6.07, 6.45) is 14.5. The van der Waals surface area contributed by atoms with E-state index in [9.17, 15) is 4.39 Å². The topological polar surface area (TPSA) is 27.7 Å². The highest BCUT2D eigenvalue weighted by molar-refractivity contribution is 5.15. The second-order valence-corrected chi connectivity index (χ2v) is 9.20. The molecule has 0 saturated heterocycles. The molecule has 1 rings (SSSR count). The first-order chi connectivity index (χ1) is 14.9. The van der Waals surface area contributed by atoms with Crippen molar-refractivity contribution in [3.8, 4) is 0 Å². The van der Waals surface area contributed by atoms with Crippen molar-refractivity contribution in [2.45, 2.75) is 136 Å². The second-order valence-electron chi connectivity index (χ2n) is 9.20. The zero-order valence-electron chi connectivity index (χ0n) is 20.7. The van der Waals surface area contributed by atoms with Gasteiger partial charge in [-0.05, 0) is 71.1 Å². The van der Waals surface area contributed by atoms with Crippen LogP contribution in [0, 0.1) is 5.82 Å². The van der Waals surface area contributed by atoms with Gasteiger partial charge < -0.3 is 14.2 Å². The summed E-state index contributed by atoms with van der Waals surface area (Å²) in [4.78, 5) is 0. The molecule has 0 fully saturated rings. The highest BCUT2D eigenvalue weighted by atomic mass is 19.1. The van der Waals surface area contributed by atoms with E-state index in [1.807, 2.05) is 39.8 Å². The first kappa shape index (κ1) is 28.1. The van der Waals surface area contributed by atoms with Crippen molar-refractivity contribution in [1.29, 1.82) is 0 Å². The van der Waals surface area contributed by atoms with E-state index in [1.54, 1.807) is 12.1 Å². The summed E-state index contributed by atoms with van der Waals surface area (Å²) >= 11 is 0. The van der Waals surface area contributed by atoms with Crippen LogP contribution in [0.25, 0.3) is 0 Å². The Labute approximate surface area is 191 Å². The number of benzene rings is 1. The van der Waals surface area contributed by atoms with E-state index < -0.39 is 6.48 Å². The van der Waals surface area contributed by atoms with Crippen molar-refractivity contribution >= 4 is 0 Å². The lowest BCUT2D eigenvalue weighted by molar-refractivity contribution is -0.327. The predicted octanol–water partition coefficient (Wildman–Crippen LogP) is 8.20. The third-order valence-corrected chi connectivity index (χ3v) is 5.35. The highest BCUT2D eigenvalue weighted by Gasteiger charge is 2.20. The van der Waals surface area contributed by atoms with Gasteiger partial charge in [0.2, 0.25) is 0 Å². The summed E-state index contributed by atoms with van der Waals surface area (Å²) in [5, 5.41) is 0. The number of rotatable bonds is 19.